The van der Waals surface area contributed by atoms with Gasteiger partial charge in [0.05, 0.1) is 32.8 Å². The highest BCUT2D eigenvalue weighted by Gasteiger charge is 2.04. The normalized spacial score (nSPS) is 12.6. The molecule has 0 radical (unpaired) electrons. The molecule has 0 spiro atoms. The SMILES string of the molecule is COCCOCO[C@@H](C)C/C=C/C(=O)CCC(=O)OC. The lowest BCUT2D eigenvalue weighted by Gasteiger charge is -2.10. The van der Waals surface area contributed by atoms with Crippen molar-refractivity contribution in [2.24, 2.45) is 0 Å². The van der Waals surface area contributed by atoms with E-state index in [1.807, 2.05) is 6.92 Å². The Bertz CT molecular complexity index is 300. The van der Waals surface area contributed by atoms with Crippen LogP contribution in [0.3, 0.4) is 0 Å². The van der Waals surface area contributed by atoms with Crippen LogP contribution in [-0.2, 0) is 28.5 Å². The van der Waals surface area contributed by atoms with E-state index in [0.29, 0.717) is 19.6 Å². The first kappa shape index (κ1) is 18.8. The van der Waals surface area contributed by atoms with E-state index in [9.17, 15) is 9.59 Å². The van der Waals surface area contributed by atoms with Gasteiger partial charge in [-0.25, -0.2) is 0 Å². The molecular weight excluding hydrogens is 264 g/mol. The molecule has 20 heavy (non-hydrogen) atoms. The molecule has 0 unspecified atom stereocenters. The van der Waals surface area contributed by atoms with Crippen molar-refractivity contribution in [3.05, 3.63) is 12.2 Å². The summed E-state index contributed by atoms with van der Waals surface area (Å²) in [4.78, 5) is 22.3. The summed E-state index contributed by atoms with van der Waals surface area (Å²) in [6.07, 6.45) is 4.05. The van der Waals surface area contributed by atoms with Crippen LogP contribution < -0.4 is 0 Å². The van der Waals surface area contributed by atoms with Gasteiger partial charge in [-0.2, -0.15) is 0 Å². The van der Waals surface area contributed by atoms with Gasteiger partial charge in [0.2, 0.25) is 0 Å². The number of ether oxygens (including phenoxy) is 4. The largest absolute Gasteiger partial charge is 0.469 e. The molecule has 0 fully saturated rings. The van der Waals surface area contributed by atoms with Crippen molar-refractivity contribution in [3.63, 3.8) is 0 Å². The molecule has 0 aromatic carbocycles. The maximum absolute atomic E-state index is 11.4. The molecule has 0 saturated heterocycles. The predicted molar refractivity (Wildman–Crippen MR) is 73.3 cm³/mol. The minimum atomic E-state index is -0.378. The molecule has 0 N–H and O–H groups in total. The highest BCUT2D eigenvalue weighted by Crippen LogP contribution is 2.01. The summed E-state index contributed by atoms with van der Waals surface area (Å²) in [6.45, 7) is 3.12. The Labute approximate surface area is 120 Å². The van der Waals surface area contributed by atoms with Gasteiger partial charge in [0, 0.05) is 13.5 Å². The number of rotatable bonds is 12. The van der Waals surface area contributed by atoms with E-state index in [2.05, 4.69) is 4.74 Å². The van der Waals surface area contributed by atoms with Gasteiger partial charge in [0.25, 0.3) is 0 Å². The van der Waals surface area contributed by atoms with Gasteiger partial charge in [-0.05, 0) is 19.4 Å². The zero-order chi connectivity index (χ0) is 15.2. The Morgan fingerprint density at radius 1 is 1.15 bits per heavy atom. The van der Waals surface area contributed by atoms with Crippen molar-refractivity contribution < 1.29 is 28.5 Å². The standard InChI is InChI=1S/C14H24O6/c1-12(20-11-19-10-9-17-2)5-4-6-13(15)7-8-14(16)18-3/h4,6,12H,5,7-11H2,1-3H3/b6-4+/t12-/m0/s1. The van der Waals surface area contributed by atoms with E-state index < -0.39 is 0 Å². The molecule has 0 rings (SSSR count). The Balaban J connectivity index is 3.61. The van der Waals surface area contributed by atoms with Crippen molar-refractivity contribution >= 4 is 11.8 Å². The van der Waals surface area contributed by atoms with Crippen LogP contribution in [0.1, 0.15) is 26.2 Å². The van der Waals surface area contributed by atoms with Gasteiger partial charge >= 0.3 is 5.97 Å². The highest BCUT2D eigenvalue weighted by atomic mass is 16.7. The number of carbonyl (C=O) groups is 2. The fourth-order valence-corrected chi connectivity index (χ4v) is 1.24. The van der Waals surface area contributed by atoms with Crippen molar-refractivity contribution in [3.8, 4) is 0 Å². The van der Waals surface area contributed by atoms with Crippen LogP contribution in [0.5, 0.6) is 0 Å². The number of hydrogen-bond acceptors (Lipinski definition) is 6. The third-order valence-corrected chi connectivity index (χ3v) is 2.44. The van der Waals surface area contributed by atoms with Crippen molar-refractivity contribution in [2.75, 3.05) is 34.2 Å². The Hall–Kier alpha value is -1.24. The zero-order valence-electron chi connectivity index (χ0n) is 12.4. The quantitative estimate of drug-likeness (QED) is 0.234. The molecular formula is C14H24O6. The average Bonchev–Trinajstić information content (AvgIpc) is 2.44. The molecule has 6 nitrogen and oxygen atoms in total. The zero-order valence-corrected chi connectivity index (χ0v) is 12.4. The van der Waals surface area contributed by atoms with E-state index in [1.54, 1.807) is 13.2 Å². The summed E-state index contributed by atoms with van der Waals surface area (Å²) in [5, 5.41) is 0. The monoisotopic (exact) mass is 288 g/mol. The maximum Gasteiger partial charge on any atom is 0.305 e. The second-order valence-electron chi connectivity index (χ2n) is 4.18. The highest BCUT2D eigenvalue weighted by molar-refractivity contribution is 5.91. The van der Waals surface area contributed by atoms with E-state index in [-0.39, 0.29) is 37.5 Å². The summed E-state index contributed by atoms with van der Waals surface area (Å²) in [5.41, 5.74) is 0. The van der Waals surface area contributed by atoms with Crippen molar-refractivity contribution in [1.29, 1.82) is 0 Å². The molecule has 0 aliphatic carbocycles. The third-order valence-electron chi connectivity index (χ3n) is 2.44. The third kappa shape index (κ3) is 11.8. The molecule has 0 heterocycles. The Morgan fingerprint density at radius 3 is 2.55 bits per heavy atom. The number of carbonyl (C=O) groups excluding carboxylic acids is 2. The van der Waals surface area contributed by atoms with Crippen LogP contribution in [0.4, 0.5) is 0 Å². The van der Waals surface area contributed by atoms with Crippen LogP contribution in [0, 0.1) is 0 Å². The van der Waals surface area contributed by atoms with Gasteiger partial charge in [-0.3, -0.25) is 9.59 Å². The molecule has 0 amide bonds. The fourth-order valence-electron chi connectivity index (χ4n) is 1.24. The van der Waals surface area contributed by atoms with E-state index in [1.165, 1.54) is 13.2 Å². The molecule has 0 aromatic heterocycles. The van der Waals surface area contributed by atoms with Gasteiger partial charge < -0.3 is 18.9 Å². The summed E-state index contributed by atoms with van der Waals surface area (Å²) in [7, 11) is 2.91. The predicted octanol–water partition coefficient (Wildman–Crippen LogP) is 1.48. The lowest BCUT2D eigenvalue weighted by Crippen LogP contribution is -2.12. The summed E-state index contributed by atoms with van der Waals surface area (Å²) in [6, 6.07) is 0. The first-order valence-electron chi connectivity index (χ1n) is 6.54. The molecule has 0 aliphatic heterocycles. The molecule has 0 aromatic rings. The maximum atomic E-state index is 11.4. The van der Waals surface area contributed by atoms with E-state index in [4.69, 9.17) is 14.2 Å². The summed E-state index contributed by atoms with van der Waals surface area (Å²) < 4.78 is 19.8. The molecule has 0 saturated carbocycles. The van der Waals surface area contributed by atoms with Crippen LogP contribution in [-0.4, -0.2) is 52.1 Å². The lowest BCUT2D eigenvalue weighted by atomic mass is 10.2. The second-order valence-corrected chi connectivity index (χ2v) is 4.18. The minimum absolute atomic E-state index is 0.0396. The number of methoxy groups -OCH3 is 2. The van der Waals surface area contributed by atoms with Crippen molar-refractivity contribution in [2.45, 2.75) is 32.3 Å². The smallest absolute Gasteiger partial charge is 0.305 e. The number of ketones is 1. The minimum Gasteiger partial charge on any atom is -0.469 e. The van der Waals surface area contributed by atoms with E-state index in [0.717, 1.165) is 0 Å². The van der Waals surface area contributed by atoms with Gasteiger partial charge in [0.1, 0.15) is 6.79 Å². The summed E-state index contributed by atoms with van der Waals surface area (Å²) >= 11 is 0. The Kier molecular flexibility index (Phi) is 12.0. The Morgan fingerprint density at radius 2 is 1.90 bits per heavy atom. The van der Waals surface area contributed by atoms with Crippen LogP contribution in [0.2, 0.25) is 0 Å². The first-order chi connectivity index (χ1) is 9.60. The molecule has 0 aliphatic rings. The summed E-state index contributed by atoms with van der Waals surface area (Å²) in [5.74, 6) is -0.476. The van der Waals surface area contributed by atoms with Gasteiger partial charge in [0.15, 0.2) is 5.78 Å². The van der Waals surface area contributed by atoms with Crippen LogP contribution in [0.25, 0.3) is 0 Å². The van der Waals surface area contributed by atoms with Crippen LogP contribution >= 0.6 is 0 Å². The lowest BCUT2D eigenvalue weighted by molar-refractivity contribution is -0.141. The number of hydrogen-bond donors (Lipinski definition) is 0. The fraction of sp³-hybridized carbons (Fsp3) is 0.714. The number of allylic oxidation sites excluding steroid dienone is 1. The van der Waals surface area contributed by atoms with Gasteiger partial charge in [-0.15, -0.1) is 0 Å². The topological polar surface area (TPSA) is 71.1 Å². The second kappa shape index (κ2) is 12.8. The average molecular weight is 288 g/mol. The molecule has 6 heteroatoms. The van der Waals surface area contributed by atoms with Gasteiger partial charge in [-0.1, -0.05) is 6.08 Å². The molecule has 0 bridgehead atoms. The first-order valence-corrected chi connectivity index (χ1v) is 6.54. The number of esters is 1. The van der Waals surface area contributed by atoms with E-state index >= 15 is 0 Å². The van der Waals surface area contributed by atoms with Crippen molar-refractivity contribution in [1.82, 2.24) is 0 Å². The molecule has 116 valence electrons. The van der Waals surface area contributed by atoms with Crippen LogP contribution in [0.15, 0.2) is 12.2 Å². The molecule has 1 atom stereocenters.